The Bertz CT molecular complexity index is 400. The summed E-state index contributed by atoms with van der Waals surface area (Å²) in [7, 11) is 1.25. The molecular weight excluding hydrogens is 204 g/mol. The molecule has 0 aromatic heterocycles. The predicted octanol–water partition coefficient (Wildman–Crippen LogP) is 1.58. The maximum atomic E-state index is 11.1. The lowest BCUT2D eigenvalue weighted by Crippen LogP contribution is -2.03. The minimum atomic E-state index is -0.539. The summed E-state index contributed by atoms with van der Waals surface area (Å²) in [4.78, 5) is 11.1. The molecule has 0 atom stereocenters. The van der Waals surface area contributed by atoms with Crippen LogP contribution in [0, 0.1) is 11.3 Å². The number of nitrogen functional groups attached to an aromatic ring is 1. The van der Waals surface area contributed by atoms with Crippen molar-refractivity contribution in [3.05, 3.63) is 28.3 Å². The van der Waals surface area contributed by atoms with Gasteiger partial charge in [0.25, 0.3) is 0 Å². The van der Waals surface area contributed by atoms with Gasteiger partial charge in [-0.2, -0.15) is 5.26 Å². The second kappa shape index (κ2) is 3.99. The van der Waals surface area contributed by atoms with E-state index in [0.717, 1.165) is 0 Å². The molecule has 0 heterocycles. The molecule has 0 saturated heterocycles. The first kappa shape index (κ1) is 10.4. The zero-order chi connectivity index (χ0) is 10.7. The van der Waals surface area contributed by atoms with Crippen molar-refractivity contribution in [3.8, 4) is 6.07 Å². The van der Waals surface area contributed by atoms with Crippen LogP contribution in [0.5, 0.6) is 0 Å². The monoisotopic (exact) mass is 210 g/mol. The second-order valence-electron chi connectivity index (χ2n) is 2.53. The number of rotatable bonds is 1. The van der Waals surface area contributed by atoms with E-state index in [2.05, 4.69) is 4.74 Å². The average molecular weight is 211 g/mol. The molecule has 0 aliphatic carbocycles. The van der Waals surface area contributed by atoms with Gasteiger partial charge in [-0.25, -0.2) is 4.79 Å². The molecule has 5 heteroatoms. The first-order valence-electron chi connectivity index (χ1n) is 3.67. The third-order valence-corrected chi connectivity index (χ3v) is 1.95. The largest absolute Gasteiger partial charge is 0.465 e. The summed E-state index contributed by atoms with van der Waals surface area (Å²) in [6.45, 7) is 0. The SMILES string of the molecule is COC(=O)c1cc(N)c(C#N)c(Cl)c1. The molecule has 4 nitrogen and oxygen atoms in total. The first-order valence-corrected chi connectivity index (χ1v) is 4.05. The van der Waals surface area contributed by atoms with E-state index in [4.69, 9.17) is 22.6 Å². The number of ether oxygens (including phenoxy) is 1. The van der Waals surface area contributed by atoms with E-state index in [1.54, 1.807) is 0 Å². The van der Waals surface area contributed by atoms with Crippen LogP contribution in [0.3, 0.4) is 0 Å². The van der Waals surface area contributed by atoms with E-state index in [9.17, 15) is 4.79 Å². The topological polar surface area (TPSA) is 76.1 Å². The number of hydrogen-bond donors (Lipinski definition) is 1. The van der Waals surface area contributed by atoms with Crippen LogP contribution in [0.4, 0.5) is 5.69 Å². The summed E-state index contributed by atoms with van der Waals surface area (Å²) in [6, 6.07) is 4.55. The smallest absolute Gasteiger partial charge is 0.337 e. The van der Waals surface area contributed by atoms with Gasteiger partial charge in [0.1, 0.15) is 6.07 Å². The van der Waals surface area contributed by atoms with Gasteiger partial charge < -0.3 is 10.5 Å². The molecule has 0 aliphatic heterocycles. The van der Waals surface area contributed by atoms with Gasteiger partial charge in [-0.1, -0.05) is 11.6 Å². The fourth-order valence-electron chi connectivity index (χ4n) is 0.982. The lowest BCUT2D eigenvalue weighted by molar-refractivity contribution is 0.0601. The summed E-state index contributed by atoms with van der Waals surface area (Å²) >= 11 is 5.73. The minimum absolute atomic E-state index is 0.146. The van der Waals surface area contributed by atoms with Crippen molar-refractivity contribution in [2.75, 3.05) is 12.8 Å². The van der Waals surface area contributed by atoms with Crippen LogP contribution in [0.2, 0.25) is 5.02 Å². The number of carbonyl (C=O) groups excluding carboxylic acids is 1. The molecule has 1 rings (SSSR count). The van der Waals surface area contributed by atoms with Crippen molar-refractivity contribution in [1.82, 2.24) is 0 Å². The molecule has 0 bridgehead atoms. The van der Waals surface area contributed by atoms with Crippen LogP contribution in [0.25, 0.3) is 0 Å². The summed E-state index contributed by atoms with van der Waals surface area (Å²) in [6.07, 6.45) is 0. The average Bonchev–Trinajstić information content (AvgIpc) is 2.16. The molecule has 0 radical (unpaired) electrons. The van der Waals surface area contributed by atoms with E-state index in [-0.39, 0.29) is 21.8 Å². The first-order chi connectivity index (χ1) is 6.60. The normalized spacial score (nSPS) is 9.21. The molecule has 0 spiro atoms. The van der Waals surface area contributed by atoms with E-state index in [1.807, 2.05) is 6.07 Å². The highest BCUT2D eigenvalue weighted by Crippen LogP contribution is 2.23. The fraction of sp³-hybridized carbons (Fsp3) is 0.111. The van der Waals surface area contributed by atoms with Crippen LogP contribution in [-0.2, 0) is 4.74 Å². The Labute approximate surface area is 85.8 Å². The van der Waals surface area contributed by atoms with Crippen molar-refractivity contribution in [3.63, 3.8) is 0 Å². The van der Waals surface area contributed by atoms with Gasteiger partial charge in [-0.3, -0.25) is 0 Å². The summed E-state index contributed by atoms with van der Waals surface area (Å²) in [5, 5.41) is 8.80. The van der Waals surface area contributed by atoms with Crippen molar-refractivity contribution >= 4 is 23.3 Å². The number of hydrogen-bond acceptors (Lipinski definition) is 4. The highest BCUT2D eigenvalue weighted by atomic mass is 35.5. The number of methoxy groups -OCH3 is 1. The van der Waals surface area contributed by atoms with Gasteiger partial charge in [0.15, 0.2) is 0 Å². The maximum absolute atomic E-state index is 11.1. The molecule has 0 fully saturated rings. The maximum Gasteiger partial charge on any atom is 0.337 e. The van der Waals surface area contributed by atoms with Crippen LogP contribution >= 0.6 is 11.6 Å². The number of esters is 1. The summed E-state index contributed by atoms with van der Waals surface area (Å²) in [5.74, 6) is -0.539. The van der Waals surface area contributed by atoms with Crippen molar-refractivity contribution in [1.29, 1.82) is 5.26 Å². The van der Waals surface area contributed by atoms with Crippen molar-refractivity contribution in [2.24, 2.45) is 0 Å². The third-order valence-electron chi connectivity index (χ3n) is 1.65. The van der Waals surface area contributed by atoms with E-state index in [0.29, 0.717) is 0 Å². The molecule has 0 aliphatic rings. The van der Waals surface area contributed by atoms with Crippen LogP contribution in [0.1, 0.15) is 15.9 Å². The Balaban J connectivity index is 3.29. The van der Waals surface area contributed by atoms with Gasteiger partial charge in [0.05, 0.1) is 28.9 Å². The Morgan fingerprint density at radius 3 is 2.71 bits per heavy atom. The zero-order valence-electron chi connectivity index (χ0n) is 7.37. The van der Waals surface area contributed by atoms with Gasteiger partial charge >= 0.3 is 5.97 Å². The van der Waals surface area contributed by atoms with Gasteiger partial charge in [0, 0.05) is 0 Å². The van der Waals surface area contributed by atoms with Crippen LogP contribution in [0.15, 0.2) is 12.1 Å². The Morgan fingerprint density at radius 1 is 1.64 bits per heavy atom. The van der Waals surface area contributed by atoms with E-state index < -0.39 is 5.97 Å². The highest BCUT2D eigenvalue weighted by molar-refractivity contribution is 6.32. The zero-order valence-corrected chi connectivity index (χ0v) is 8.13. The van der Waals surface area contributed by atoms with Gasteiger partial charge in [0.2, 0.25) is 0 Å². The van der Waals surface area contributed by atoms with E-state index >= 15 is 0 Å². The summed E-state index contributed by atoms with van der Waals surface area (Å²) < 4.78 is 4.48. The minimum Gasteiger partial charge on any atom is -0.465 e. The molecule has 0 unspecified atom stereocenters. The van der Waals surface area contributed by atoms with Crippen LogP contribution in [-0.4, -0.2) is 13.1 Å². The van der Waals surface area contributed by atoms with Crippen molar-refractivity contribution < 1.29 is 9.53 Å². The number of nitrogens with zero attached hydrogens (tertiary/aromatic N) is 1. The van der Waals surface area contributed by atoms with Gasteiger partial charge in [-0.15, -0.1) is 0 Å². The molecule has 1 aromatic carbocycles. The molecule has 0 saturated carbocycles. The summed E-state index contributed by atoms with van der Waals surface area (Å²) in [5.41, 5.74) is 6.07. The van der Waals surface area contributed by atoms with Crippen molar-refractivity contribution in [2.45, 2.75) is 0 Å². The number of halogens is 1. The lowest BCUT2D eigenvalue weighted by atomic mass is 10.1. The van der Waals surface area contributed by atoms with E-state index in [1.165, 1.54) is 19.2 Å². The van der Waals surface area contributed by atoms with Crippen LogP contribution < -0.4 is 5.73 Å². The number of nitrogens with two attached hydrogens (primary N) is 1. The third kappa shape index (κ3) is 1.78. The Morgan fingerprint density at radius 2 is 2.29 bits per heavy atom. The molecule has 1 aromatic rings. The molecule has 2 N–H and O–H groups in total. The molecular formula is C9H7ClN2O2. The predicted molar refractivity (Wildman–Crippen MR) is 51.9 cm³/mol. The Kier molecular flexibility index (Phi) is 2.95. The van der Waals surface area contributed by atoms with Gasteiger partial charge in [-0.05, 0) is 12.1 Å². The number of nitriles is 1. The quantitative estimate of drug-likeness (QED) is 0.564. The second-order valence-corrected chi connectivity index (χ2v) is 2.93. The molecule has 14 heavy (non-hydrogen) atoms. The fourth-order valence-corrected chi connectivity index (χ4v) is 1.25. The molecule has 72 valence electrons. The number of anilines is 1. The Hall–Kier alpha value is -1.73. The lowest BCUT2D eigenvalue weighted by Gasteiger charge is -2.03. The number of carbonyl (C=O) groups is 1. The highest BCUT2D eigenvalue weighted by Gasteiger charge is 2.11. The molecule has 0 amide bonds. The standard InChI is InChI=1S/C9H7ClN2O2/c1-14-9(13)5-2-7(10)6(4-11)8(12)3-5/h2-3H,12H2,1H3. The number of benzene rings is 1.